The van der Waals surface area contributed by atoms with E-state index in [1.54, 1.807) is 22.6 Å². The molecule has 0 unspecified atom stereocenters. The zero-order valence-electron chi connectivity index (χ0n) is 13.8. The highest BCUT2D eigenvalue weighted by Crippen LogP contribution is 2.25. The lowest BCUT2D eigenvalue weighted by Gasteiger charge is -2.21. The van der Waals surface area contributed by atoms with Gasteiger partial charge in [-0.25, -0.2) is 0 Å². The molecule has 2 heterocycles. The molecule has 1 amide bonds. The average Bonchev–Trinajstić information content (AvgIpc) is 3.40. The first-order chi connectivity index (χ1) is 12.8. The van der Waals surface area contributed by atoms with Crippen LogP contribution in [0, 0.1) is 0 Å². The summed E-state index contributed by atoms with van der Waals surface area (Å²) in [4.78, 5) is 14.5. The Bertz CT molecular complexity index is 966. The Hall–Kier alpha value is -3.25. The van der Waals surface area contributed by atoms with Gasteiger partial charge in [0.2, 0.25) is 0 Å². The lowest BCUT2D eigenvalue weighted by molar-refractivity contribution is 0.0978. The Morgan fingerprint density at radius 3 is 2.38 bits per heavy atom. The summed E-state index contributed by atoms with van der Waals surface area (Å²) < 4.78 is 9.21. The Morgan fingerprint density at radius 2 is 1.73 bits per heavy atom. The van der Waals surface area contributed by atoms with Gasteiger partial charge in [0.15, 0.2) is 5.69 Å². The smallest absolute Gasteiger partial charge is 0.280 e. The van der Waals surface area contributed by atoms with Crippen LogP contribution < -0.4 is 4.90 Å². The van der Waals surface area contributed by atoms with E-state index in [1.165, 1.54) is 0 Å². The van der Waals surface area contributed by atoms with Gasteiger partial charge >= 0.3 is 0 Å². The Labute approximate surface area is 154 Å². The molecule has 4 rings (SSSR count). The van der Waals surface area contributed by atoms with Gasteiger partial charge in [-0.05, 0) is 46.9 Å². The van der Waals surface area contributed by atoms with Crippen molar-refractivity contribution in [2.24, 2.45) is 0 Å². The first-order valence-electron chi connectivity index (χ1n) is 8.08. The monoisotopic (exact) mass is 361 g/mol. The van der Waals surface area contributed by atoms with E-state index < -0.39 is 0 Å². The summed E-state index contributed by atoms with van der Waals surface area (Å²) in [6, 6.07) is 21.6. The van der Waals surface area contributed by atoms with E-state index in [9.17, 15) is 4.79 Å². The topological polar surface area (TPSA) is 59.2 Å². The molecular weight excluding hydrogens is 346 g/mol. The van der Waals surface area contributed by atoms with Gasteiger partial charge < -0.3 is 4.42 Å². The highest BCUT2D eigenvalue weighted by atomic mass is 32.1. The van der Waals surface area contributed by atoms with Gasteiger partial charge in [0.1, 0.15) is 5.76 Å². The molecule has 4 aromatic rings. The van der Waals surface area contributed by atoms with Crippen LogP contribution in [0.2, 0.25) is 0 Å². The molecule has 0 saturated heterocycles. The fourth-order valence-electron chi connectivity index (χ4n) is 2.70. The molecule has 26 heavy (non-hydrogen) atoms. The first-order valence-corrected chi connectivity index (χ1v) is 8.92. The molecular formula is C20H15N3O2S. The number of hydrogen-bond acceptors (Lipinski definition) is 5. The molecule has 0 bridgehead atoms. The molecule has 0 fully saturated rings. The lowest BCUT2D eigenvalue weighted by Crippen LogP contribution is -2.30. The largest absolute Gasteiger partial charge is 0.467 e. The molecule has 0 aliphatic rings. The zero-order chi connectivity index (χ0) is 17.8. The highest BCUT2D eigenvalue weighted by Gasteiger charge is 2.21. The minimum Gasteiger partial charge on any atom is -0.467 e. The number of anilines is 1. The second-order valence-corrected chi connectivity index (χ2v) is 6.28. The maximum Gasteiger partial charge on any atom is 0.280 e. The summed E-state index contributed by atoms with van der Waals surface area (Å²) in [6.07, 6.45) is 1.60. The fraction of sp³-hybridized carbons (Fsp3) is 0.0500. The molecule has 2 aromatic carbocycles. The maximum atomic E-state index is 12.9. The number of carbonyl (C=O) groups is 1. The van der Waals surface area contributed by atoms with Gasteiger partial charge in [-0.15, -0.1) is 5.10 Å². The standard InChI is InChI=1S/C20H15N3O2S/c24-20(19-14-26-22-21-19)23(13-18-7-4-12-25-18)17-10-8-16(9-11-17)15-5-2-1-3-6-15/h1-12,14H,13H2. The maximum absolute atomic E-state index is 12.9. The van der Waals surface area contributed by atoms with Crippen molar-refractivity contribution in [3.05, 3.63) is 89.8 Å². The van der Waals surface area contributed by atoms with Gasteiger partial charge in [0.25, 0.3) is 5.91 Å². The van der Waals surface area contributed by atoms with Crippen LogP contribution in [0.1, 0.15) is 16.2 Å². The number of benzene rings is 2. The second kappa shape index (κ2) is 7.33. The minimum atomic E-state index is -0.206. The van der Waals surface area contributed by atoms with Crippen LogP contribution in [0.5, 0.6) is 0 Å². The van der Waals surface area contributed by atoms with Crippen molar-refractivity contribution in [2.45, 2.75) is 6.54 Å². The van der Waals surface area contributed by atoms with Crippen molar-refractivity contribution >= 4 is 23.1 Å². The molecule has 0 radical (unpaired) electrons. The van der Waals surface area contributed by atoms with Crippen LogP contribution in [0.4, 0.5) is 5.69 Å². The number of hydrogen-bond donors (Lipinski definition) is 0. The van der Waals surface area contributed by atoms with Gasteiger partial charge in [0.05, 0.1) is 12.8 Å². The van der Waals surface area contributed by atoms with E-state index >= 15 is 0 Å². The predicted molar refractivity (Wildman–Crippen MR) is 101 cm³/mol. The number of rotatable bonds is 5. The van der Waals surface area contributed by atoms with E-state index in [0.29, 0.717) is 18.0 Å². The molecule has 5 nitrogen and oxygen atoms in total. The van der Waals surface area contributed by atoms with E-state index in [4.69, 9.17) is 4.42 Å². The van der Waals surface area contributed by atoms with Crippen molar-refractivity contribution in [3.8, 4) is 11.1 Å². The van der Waals surface area contributed by atoms with Gasteiger partial charge in [0, 0.05) is 11.1 Å². The lowest BCUT2D eigenvalue weighted by atomic mass is 10.1. The Balaban J connectivity index is 1.66. The Kier molecular flexibility index (Phi) is 4.57. The third-order valence-electron chi connectivity index (χ3n) is 4.00. The molecule has 2 aromatic heterocycles. The Morgan fingerprint density at radius 1 is 0.962 bits per heavy atom. The highest BCUT2D eigenvalue weighted by molar-refractivity contribution is 7.03. The van der Waals surface area contributed by atoms with Crippen LogP contribution in [0.15, 0.2) is 82.8 Å². The van der Waals surface area contributed by atoms with Crippen LogP contribution in [0.3, 0.4) is 0 Å². The van der Waals surface area contributed by atoms with Gasteiger partial charge in [-0.3, -0.25) is 9.69 Å². The van der Waals surface area contributed by atoms with Crippen molar-refractivity contribution < 1.29 is 9.21 Å². The predicted octanol–water partition coefficient (Wildman–Crippen LogP) is 4.65. The minimum absolute atomic E-state index is 0.206. The number of amides is 1. The van der Waals surface area contributed by atoms with Crippen molar-refractivity contribution in [2.75, 3.05) is 4.90 Å². The number of furan rings is 1. The van der Waals surface area contributed by atoms with Crippen LogP contribution in [0.25, 0.3) is 11.1 Å². The van der Waals surface area contributed by atoms with E-state index in [-0.39, 0.29) is 5.91 Å². The summed E-state index contributed by atoms with van der Waals surface area (Å²) in [7, 11) is 0. The molecule has 128 valence electrons. The van der Waals surface area contributed by atoms with E-state index in [2.05, 4.69) is 21.7 Å². The van der Waals surface area contributed by atoms with E-state index in [1.807, 2.05) is 48.5 Å². The average molecular weight is 361 g/mol. The summed E-state index contributed by atoms with van der Waals surface area (Å²) in [5.74, 6) is 0.497. The van der Waals surface area contributed by atoms with Crippen molar-refractivity contribution in [3.63, 3.8) is 0 Å². The van der Waals surface area contributed by atoms with Gasteiger partial charge in [-0.2, -0.15) is 0 Å². The quantitative estimate of drug-likeness (QED) is 0.519. The molecule has 0 atom stereocenters. The first kappa shape index (κ1) is 16.2. The fourth-order valence-corrected chi connectivity index (χ4v) is 3.13. The van der Waals surface area contributed by atoms with Gasteiger partial charge in [-0.1, -0.05) is 47.0 Å². The van der Waals surface area contributed by atoms with Crippen LogP contribution in [-0.2, 0) is 6.54 Å². The molecule has 0 N–H and O–H groups in total. The summed E-state index contributed by atoms with van der Waals surface area (Å²) in [6.45, 7) is 0.327. The number of nitrogens with zero attached hydrogens (tertiary/aromatic N) is 3. The zero-order valence-corrected chi connectivity index (χ0v) is 14.6. The number of carbonyl (C=O) groups excluding carboxylic acids is 1. The van der Waals surface area contributed by atoms with Crippen LogP contribution >= 0.6 is 11.5 Å². The summed E-state index contributed by atoms with van der Waals surface area (Å²) >= 11 is 1.16. The molecule has 0 aliphatic heterocycles. The number of aromatic nitrogens is 2. The third kappa shape index (κ3) is 3.41. The van der Waals surface area contributed by atoms with Crippen molar-refractivity contribution in [1.29, 1.82) is 0 Å². The second-order valence-electron chi connectivity index (χ2n) is 5.67. The SMILES string of the molecule is O=C(c1csnn1)N(Cc1ccco1)c1ccc(-c2ccccc2)cc1. The molecule has 6 heteroatoms. The molecule has 0 spiro atoms. The molecule has 0 aliphatic carbocycles. The summed E-state index contributed by atoms with van der Waals surface area (Å²) in [5.41, 5.74) is 3.33. The third-order valence-corrected chi connectivity index (χ3v) is 4.51. The van der Waals surface area contributed by atoms with Crippen LogP contribution in [-0.4, -0.2) is 15.5 Å². The molecule has 0 saturated carbocycles. The van der Waals surface area contributed by atoms with Crippen molar-refractivity contribution in [1.82, 2.24) is 9.59 Å². The summed E-state index contributed by atoms with van der Waals surface area (Å²) in [5, 5.41) is 5.55. The van der Waals surface area contributed by atoms with E-state index in [0.717, 1.165) is 28.3 Å². The normalized spacial score (nSPS) is 10.6.